The molecule has 234 valence electrons. The monoisotopic (exact) mass is 650 g/mol. The number of sulfonamides is 1. The van der Waals surface area contributed by atoms with Crippen molar-refractivity contribution in [3.05, 3.63) is 53.6 Å². The molecule has 2 amide bonds. The minimum absolute atomic E-state index is 0. The highest BCUT2D eigenvalue weighted by Crippen LogP contribution is 2.31. The topological polar surface area (TPSA) is 115 Å². The highest BCUT2D eigenvalue weighted by Gasteiger charge is 2.30. The number of ether oxygens (including phenoxy) is 1. The van der Waals surface area contributed by atoms with E-state index in [1.54, 1.807) is 18.3 Å². The first kappa shape index (κ1) is 32.9. The average Bonchev–Trinajstić information content (AvgIpc) is 3.46. The second kappa shape index (κ2) is 14.7. The van der Waals surface area contributed by atoms with Crippen LogP contribution in [0.25, 0.3) is 10.2 Å². The zero-order valence-electron chi connectivity index (χ0n) is 24.5. The van der Waals surface area contributed by atoms with Crippen LogP contribution < -0.4 is 10.2 Å². The van der Waals surface area contributed by atoms with Gasteiger partial charge in [0.25, 0.3) is 5.91 Å². The van der Waals surface area contributed by atoms with E-state index in [1.807, 2.05) is 0 Å². The first-order valence-electron chi connectivity index (χ1n) is 14.5. The minimum atomic E-state index is -3.73. The first-order chi connectivity index (χ1) is 20.3. The fourth-order valence-corrected chi connectivity index (χ4v) is 7.75. The Morgan fingerprint density at radius 2 is 1.65 bits per heavy atom. The maximum atomic E-state index is 13.1. The quantitative estimate of drug-likeness (QED) is 0.375. The second-order valence-electron chi connectivity index (χ2n) is 10.3. The van der Waals surface area contributed by atoms with Crippen molar-refractivity contribution < 1.29 is 22.7 Å². The van der Waals surface area contributed by atoms with E-state index in [-0.39, 0.29) is 56.0 Å². The molecule has 2 aromatic carbocycles. The largest absolute Gasteiger partial charge is 0.450 e. The van der Waals surface area contributed by atoms with Crippen LogP contribution in [0.1, 0.15) is 29.8 Å². The number of halogens is 1. The summed E-state index contributed by atoms with van der Waals surface area (Å²) in [4.78, 5) is 35.8. The normalized spacial score (nSPS) is 16.6. The van der Waals surface area contributed by atoms with Crippen LogP contribution in [0.2, 0.25) is 0 Å². The standard InChI is InChI=1S/C29H38N6O5S2.ClH/c1-3-22-6-5-7-25-26(22)31-28(41-25)33-16-14-32(15-17-33)13-12-30-27(36)23-8-10-24(11-9-23)42(38,39)35-20-18-34(19-21-35)29(37)40-4-2;/h5-11H,3-4,12-21H2,1-2H3,(H,30,36);1H. The summed E-state index contributed by atoms with van der Waals surface area (Å²) in [6, 6.07) is 12.4. The molecule has 3 heterocycles. The summed E-state index contributed by atoms with van der Waals surface area (Å²) in [5, 5.41) is 4.03. The Labute approximate surface area is 263 Å². The molecule has 0 saturated carbocycles. The number of nitrogens with one attached hydrogen (secondary N) is 1. The molecular weight excluding hydrogens is 612 g/mol. The third-order valence-electron chi connectivity index (χ3n) is 7.75. The summed E-state index contributed by atoms with van der Waals surface area (Å²) in [5.41, 5.74) is 2.81. The number of thiazole rings is 1. The number of aryl methyl sites for hydroxylation is 1. The van der Waals surface area contributed by atoms with Crippen LogP contribution in [-0.4, -0.2) is 112 Å². The molecule has 0 atom stereocenters. The Morgan fingerprint density at radius 3 is 2.30 bits per heavy atom. The number of nitrogens with zero attached hydrogens (tertiary/aromatic N) is 5. The van der Waals surface area contributed by atoms with Gasteiger partial charge in [-0.25, -0.2) is 18.2 Å². The smallest absolute Gasteiger partial charge is 0.409 e. The fraction of sp³-hybridized carbons (Fsp3) is 0.483. The highest BCUT2D eigenvalue weighted by atomic mass is 35.5. The molecule has 14 heteroatoms. The highest BCUT2D eigenvalue weighted by molar-refractivity contribution is 7.89. The number of carbonyl (C=O) groups excluding carboxylic acids is 2. The molecule has 2 aliphatic rings. The third kappa shape index (κ3) is 7.58. The lowest BCUT2D eigenvalue weighted by atomic mass is 10.1. The second-order valence-corrected chi connectivity index (χ2v) is 13.3. The predicted molar refractivity (Wildman–Crippen MR) is 171 cm³/mol. The molecule has 2 saturated heterocycles. The number of amides is 2. The van der Waals surface area contributed by atoms with E-state index in [1.165, 1.54) is 43.7 Å². The minimum Gasteiger partial charge on any atom is -0.450 e. The van der Waals surface area contributed by atoms with Gasteiger partial charge in [-0.3, -0.25) is 9.69 Å². The van der Waals surface area contributed by atoms with Crippen molar-refractivity contribution >= 4 is 61.1 Å². The zero-order chi connectivity index (χ0) is 29.7. The molecule has 11 nitrogen and oxygen atoms in total. The fourth-order valence-electron chi connectivity index (χ4n) is 5.26. The average molecular weight is 651 g/mol. The summed E-state index contributed by atoms with van der Waals surface area (Å²) < 4.78 is 33.8. The summed E-state index contributed by atoms with van der Waals surface area (Å²) in [6.07, 6.45) is 0.544. The molecule has 0 bridgehead atoms. The summed E-state index contributed by atoms with van der Waals surface area (Å²) >= 11 is 1.75. The van der Waals surface area contributed by atoms with E-state index < -0.39 is 16.1 Å². The summed E-state index contributed by atoms with van der Waals surface area (Å²) in [6.45, 7) is 9.92. The number of aromatic nitrogens is 1. The molecule has 0 radical (unpaired) electrons. The molecule has 1 N–H and O–H groups in total. The summed E-state index contributed by atoms with van der Waals surface area (Å²) in [5.74, 6) is -0.234. The van der Waals surface area contributed by atoms with Crippen LogP contribution in [0.5, 0.6) is 0 Å². The van der Waals surface area contributed by atoms with Crippen LogP contribution in [0.15, 0.2) is 47.4 Å². The Bertz CT molecular complexity index is 1500. The van der Waals surface area contributed by atoms with Crippen molar-refractivity contribution in [2.24, 2.45) is 0 Å². The SMILES string of the molecule is CCOC(=O)N1CCN(S(=O)(=O)c2ccc(C(=O)NCCN3CCN(c4nc5c(CC)cccc5s4)CC3)cc2)CC1.Cl. The van der Waals surface area contributed by atoms with Crippen molar-refractivity contribution in [2.45, 2.75) is 25.2 Å². The van der Waals surface area contributed by atoms with Gasteiger partial charge in [0.2, 0.25) is 10.0 Å². The number of para-hydroxylation sites is 1. The van der Waals surface area contributed by atoms with Gasteiger partial charge in [-0.15, -0.1) is 12.4 Å². The molecule has 5 rings (SSSR count). The van der Waals surface area contributed by atoms with Gasteiger partial charge >= 0.3 is 6.09 Å². The molecule has 3 aromatic rings. The first-order valence-corrected chi connectivity index (χ1v) is 16.7. The van der Waals surface area contributed by atoms with Gasteiger partial charge in [0.05, 0.1) is 21.7 Å². The van der Waals surface area contributed by atoms with E-state index >= 15 is 0 Å². The molecule has 0 aliphatic carbocycles. The Kier molecular flexibility index (Phi) is 11.2. The lowest BCUT2D eigenvalue weighted by molar-refractivity contribution is 0.0932. The van der Waals surface area contributed by atoms with Gasteiger partial charge in [0.1, 0.15) is 0 Å². The van der Waals surface area contributed by atoms with Crippen molar-refractivity contribution in [3.8, 4) is 0 Å². The molecule has 2 aliphatic heterocycles. The Balaban J connectivity index is 0.00000423. The van der Waals surface area contributed by atoms with E-state index in [4.69, 9.17) is 9.72 Å². The lowest BCUT2D eigenvalue weighted by Gasteiger charge is -2.34. The van der Waals surface area contributed by atoms with Crippen LogP contribution in [-0.2, 0) is 21.2 Å². The number of hydrogen-bond donors (Lipinski definition) is 1. The number of piperazine rings is 2. The van der Waals surface area contributed by atoms with Gasteiger partial charge in [-0.2, -0.15) is 4.31 Å². The van der Waals surface area contributed by atoms with Crippen LogP contribution in [0, 0.1) is 0 Å². The number of fused-ring (bicyclic) bond motifs is 1. The lowest BCUT2D eigenvalue weighted by Crippen LogP contribution is -2.50. The van der Waals surface area contributed by atoms with Crippen LogP contribution in [0.4, 0.5) is 9.93 Å². The van der Waals surface area contributed by atoms with Crippen molar-refractivity contribution in [2.75, 3.05) is 77.0 Å². The zero-order valence-corrected chi connectivity index (χ0v) is 27.0. The molecule has 1 aromatic heterocycles. The van der Waals surface area contributed by atoms with Gasteiger partial charge in [-0.1, -0.05) is 30.4 Å². The van der Waals surface area contributed by atoms with Crippen molar-refractivity contribution in [1.82, 2.24) is 24.4 Å². The number of carbonyl (C=O) groups is 2. The van der Waals surface area contributed by atoms with E-state index in [9.17, 15) is 18.0 Å². The Hall–Kier alpha value is -2.97. The Morgan fingerprint density at radius 1 is 0.953 bits per heavy atom. The van der Waals surface area contributed by atoms with E-state index in [0.717, 1.165) is 49.8 Å². The van der Waals surface area contributed by atoms with Crippen LogP contribution in [0.3, 0.4) is 0 Å². The summed E-state index contributed by atoms with van der Waals surface area (Å²) in [7, 11) is -3.73. The van der Waals surface area contributed by atoms with Gasteiger partial charge in [0.15, 0.2) is 5.13 Å². The predicted octanol–water partition coefficient (Wildman–Crippen LogP) is 3.30. The molecule has 43 heavy (non-hydrogen) atoms. The molecule has 0 unspecified atom stereocenters. The third-order valence-corrected chi connectivity index (χ3v) is 10.7. The number of hydrogen-bond acceptors (Lipinski definition) is 9. The maximum absolute atomic E-state index is 13.1. The van der Waals surface area contributed by atoms with Crippen molar-refractivity contribution in [3.63, 3.8) is 0 Å². The van der Waals surface area contributed by atoms with Crippen LogP contribution >= 0.6 is 23.7 Å². The molecular formula is C29H39ClN6O5S2. The maximum Gasteiger partial charge on any atom is 0.409 e. The number of anilines is 1. The molecule has 2 fully saturated rings. The van der Waals surface area contributed by atoms with E-state index in [0.29, 0.717) is 12.1 Å². The van der Waals surface area contributed by atoms with E-state index in [2.05, 4.69) is 40.2 Å². The van der Waals surface area contributed by atoms with Gasteiger partial charge < -0.3 is 19.9 Å². The van der Waals surface area contributed by atoms with Crippen molar-refractivity contribution in [1.29, 1.82) is 0 Å². The number of rotatable bonds is 9. The molecule has 0 spiro atoms. The number of benzene rings is 2. The van der Waals surface area contributed by atoms with Gasteiger partial charge in [-0.05, 0) is 49.2 Å². The van der Waals surface area contributed by atoms with Gasteiger partial charge in [0, 0.05) is 71.0 Å².